The molecule has 37 heavy (non-hydrogen) atoms. The Labute approximate surface area is 214 Å². The van der Waals surface area contributed by atoms with Gasteiger partial charge in [0.2, 0.25) is 5.95 Å². The van der Waals surface area contributed by atoms with E-state index in [0.29, 0.717) is 18.1 Å². The van der Waals surface area contributed by atoms with E-state index in [4.69, 9.17) is 4.98 Å². The molecule has 9 nitrogen and oxygen atoms in total. The number of pyridine rings is 1. The third kappa shape index (κ3) is 4.81. The summed E-state index contributed by atoms with van der Waals surface area (Å²) < 4.78 is 3.49. The second-order valence-corrected chi connectivity index (χ2v) is 9.27. The smallest absolute Gasteiger partial charge is 0.252 e. The number of aromatic nitrogens is 5. The Morgan fingerprint density at radius 2 is 1.73 bits per heavy atom. The summed E-state index contributed by atoms with van der Waals surface area (Å²) in [6, 6.07) is 21.5. The fourth-order valence-electron chi connectivity index (χ4n) is 4.68. The molecule has 0 saturated carbocycles. The number of hydrogen-bond donors (Lipinski definition) is 1. The molecule has 3 aromatic heterocycles. The number of benzene rings is 2. The van der Waals surface area contributed by atoms with Gasteiger partial charge in [0, 0.05) is 67.6 Å². The van der Waals surface area contributed by atoms with E-state index in [1.54, 1.807) is 33.8 Å². The Morgan fingerprint density at radius 1 is 0.919 bits per heavy atom. The topological polar surface area (TPSA) is 84.1 Å². The van der Waals surface area contributed by atoms with E-state index in [2.05, 4.69) is 44.4 Å². The number of para-hydroxylation sites is 1. The number of fused-ring (bicyclic) bond motifs is 1. The number of hydrogen-bond acceptors (Lipinski definition) is 7. The van der Waals surface area contributed by atoms with E-state index in [1.807, 2.05) is 48.7 Å². The van der Waals surface area contributed by atoms with Crippen LogP contribution in [-0.4, -0.2) is 62.4 Å². The summed E-state index contributed by atoms with van der Waals surface area (Å²) in [5, 5.41) is 8.46. The predicted molar refractivity (Wildman–Crippen MR) is 146 cm³/mol. The summed E-state index contributed by atoms with van der Waals surface area (Å²) in [5.74, 6) is 0.444. The molecule has 2 aromatic carbocycles. The molecule has 1 aliphatic rings. The van der Waals surface area contributed by atoms with Gasteiger partial charge in [0.15, 0.2) is 0 Å². The largest absolute Gasteiger partial charge is 0.369 e. The molecule has 1 aliphatic heterocycles. The minimum Gasteiger partial charge on any atom is -0.369 e. The minimum absolute atomic E-state index is 0.121. The number of likely N-dealkylation sites (N-methyl/N-ethyl adjacent to an activating group) is 1. The van der Waals surface area contributed by atoms with Crippen LogP contribution in [0.1, 0.15) is 5.56 Å². The number of nitrogens with one attached hydrogen (secondary N) is 1. The van der Waals surface area contributed by atoms with Crippen LogP contribution >= 0.6 is 0 Å². The Hall–Kier alpha value is -4.50. The average molecular weight is 493 g/mol. The van der Waals surface area contributed by atoms with Gasteiger partial charge in [0.25, 0.3) is 5.56 Å². The maximum Gasteiger partial charge on any atom is 0.252 e. The molecule has 4 heterocycles. The summed E-state index contributed by atoms with van der Waals surface area (Å²) in [4.78, 5) is 26.9. The van der Waals surface area contributed by atoms with Crippen LogP contribution in [-0.2, 0) is 6.54 Å². The summed E-state index contributed by atoms with van der Waals surface area (Å²) in [7, 11) is 2.16. The first-order valence-corrected chi connectivity index (χ1v) is 12.4. The molecule has 5 aromatic rings. The molecule has 6 rings (SSSR count). The zero-order valence-corrected chi connectivity index (χ0v) is 20.7. The second kappa shape index (κ2) is 9.87. The average Bonchev–Trinajstić information content (AvgIpc) is 3.47. The maximum absolute atomic E-state index is 13.0. The van der Waals surface area contributed by atoms with Crippen LogP contribution in [0, 0.1) is 0 Å². The molecule has 0 unspecified atom stereocenters. The summed E-state index contributed by atoms with van der Waals surface area (Å²) in [6.07, 6.45) is 5.38. The molecule has 9 heteroatoms. The zero-order chi connectivity index (χ0) is 25.2. The van der Waals surface area contributed by atoms with Crippen LogP contribution in [0.2, 0.25) is 0 Å². The molecule has 0 atom stereocenters. The molecule has 0 bridgehead atoms. The highest BCUT2D eigenvalue weighted by molar-refractivity contribution is 5.76. The van der Waals surface area contributed by atoms with Gasteiger partial charge in [-0.3, -0.25) is 9.36 Å². The van der Waals surface area contributed by atoms with Gasteiger partial charge in [-0.05, 0) is 55.1 Å². The molecule has 0 spiro atoms. The summed E-state index contributed by atoms with van der Waals surface area (Å²) in [5.41, 5.74) is 4.45. The fourth-order valence-corrected chi connectivity index (χ4v) is 4.68. The summed E-state index contributed by atoms with van der Waals surface area (Å²) >= 11 is 0. The first-order valence-electron chi connectivity index (χ1n) is 12.4. The third-order valence-electron chi connectivity index (χ3n) is 6.79. The maximum atomic E-state index is 13.0. The number of rotatable bonds is 6. The molecular formula is C28H28N8O. The van der Waals surface area contributed by atoms with Crippen LogP contribution in [0.3, 0.4) is 0 Å². The molecule has 1 N–H and O–H groups in total. The molecule has 0 amide bonds. The normalized spacial score (nSPS) is 14.2. The lowest BCUT2D eigenvalue weighted by molar-refractivity contribution is 0.313. The van der Waals surface area contributed by atoms with Crippen molar-refractivity contribution in [2.75, 3.05) is 43.4 Å². The third-order valence-corrected chi connectivity index (χ3v) is 6.79. The first kappa shape index (κ1) is 22.9. The Morgan fingerprint density at radius 3 is 2.51 bits per heavy atom. The number of nitrogens with zero attached hydrogens (tertiary/aromatic N) is 7. The second-order valence-electron chi connectivity index (χ2n) is 9.27. The molecule has 0 aliphatic carbocycles. The van der Waals surface area contributed by atoms with Crippen molar-refractivity contribution in [3.05, 3.63) is 101 Å². The van der Waals surface area contributed by atoms with E-state index in [9.17, 15) is 4.79 Å². The lowest BCUT2D eigenvalue weighted by Crippen LogP contribution is -2.44. The highest BCUT2D eigenvalue weighted by atomic mass is 16.1. The quantitative estimate of drug-likeness (QED) is 0.388. The Bertz CT molecular complexity index is 1570. The van der Waals surface area contributed by atoms with Crippen molar-refractivity contribution in [3.63, 3.8) is 0 Å². The number of piperazine rings is 1. The van der Waals surface area contributed by atoms with E-state index >= 15 is 0 Å². The van der Waals surface area contributed by atoms with Gasteiger partial charge in [0.05, 0.1) is 12.2 Å². The van der Waals surface area contributed by atoms with Crippen LogP contribution in [0.15, 0.2) is 90.1 Å². The predicted octanol–water partition coefficient (Wildman–Crippen LogP) is 3.52. The monoisotopic (exact) mass is 492 g/mol. The van der Waals surface area contributed by atoms with Gasteiger partial charge < -0.3 is 15.1 Å². The van der Waals surface area contributed by atoms with E-state index < -0.39 is 0 Å². The van der Waals surface area contributed by atoms with E-state index in [1.165, 1.54) is 5.69 Å². The van der Waals surface area contributed by atoms with Gasteiger partial charge in [0.1, 0.15) is 5.65 Å². The van der Waals surface area contributed by atoms with Crippen molar-refractivity contribution in [1.29, 1.82) is 0 Å². The Balaban J connectivity index is 1.28. The number of anilines is 3. The van der Waals surface area contributed by atoms with Gasteiger partial charge in [-0.25, -0.2) is 9.67 Å². The molecule has 0 radical (unpaired) electrons. The summed E-state index contributed by atoms with van der Waals surface area (Å²) in [6.45, 7) is 4.55. The zero-order valence-electron chi connectivity index (χ0n) is 20.7. The van der Waals surface area contributed by atoms with Gasteiger partial charge in [-0.15, -0.1) is 0 Å². The van der Waals surface area contributed by atoms with Gasteiger partial charge in [-0.2, -0.15) is 10.1 Å². The molecule has 1 fully saturated rings. The highest BCUT2D eigenvalue weighted by Gasteiger charge is 2.15. The van der Waals surface area contributed by atoms with Crippen molar-refractivity contribution < 1.29 is 0 Å². The van der Waals surface area contributed by atoms with Crippen molar-refractivity contribution in [2.24, 2.45) is 0 Å². The standard InChI is InChI=1S/C28H28N8O/c1-33-15-17-34(18-16-33)24-10-8-23(9-11-24)31-28-29-19-21-7-12-26(37)35(27(21)32-28)20-22-5-2-3-6-25(22)36-14-4-13-30-36/h2-14,19H,15-18,20H2,1H3,(H,29,31,32). The van der Waals surface area contributed by atoms with Crippen LogP contribution < -0.4 is 15.8 Å². The molecule has 186 valence electrons. The lowest BCUT2D eigenvalue weighted by Gasteiger charge is -2.34. The van der Waals surface area contributed by atoms with Crippen LogP contribution in [0.4, 0.5) is 17.3 Å². The first-order chi connectivity index (χ1) is 18.1. The molecular weight excluding hydrogens is 464 g/mol. The van der Waals surface area contributed by atoms with Crippen molar-refractivity contribution in [1.82, 2.24) is 29.2 Å². The van der Waals surface area contributed by atoms with Crippen molar-refractivity contribution >= 4 is 28.4 Å². The SMILES string of the molecule is CN1CCN(c2ccc(Nc3ncc4ccc(=O)n(Cc5ccccc5-n5cccn5)c4n3)cc2)CC1. The highest BCUT2D eigenvalue weighted by Crippen LogP contribution is 2.22. The minimum atomic E-state index is -0.121. The van der Waals surface area contributed by atoms with Gasteiger partial charge >= 0.3 is 0 Å². The Kier molecular flexibility index (Phi) is 6.11. The van der Waals surface area contributed by atoms with Crippen molar-refractivity contribution in [3.8, 4) is 5.69 Å². The van der Waals surface area contributed by atoms with Gasteiger partial charge in [-0.1, -0.05) is 18.2 Å². The fraction of sp³-hybridized carbons (Fsp3) is 0.214. The van der Waals surface area contributed by atoms with Crippen LogP contribution in [0.5, 0.6) is 0 Å². The van der Waals surface area contributed by atoms with Crippen molar-refractivity contribution in [2.45, 2.75) is 6.54 Å². The van der Waals surface area contributed by atoms with E-state index in [-0.39, 0.29) is 5.56 Å². The van der Waals surface area contributed by atoms with E-state index in [0.717, 1.165) is 48.5 Å². The lowest BCUT2D eigenvalue weighted by atomic mass is 10.1. The van der Waals surface area contributed by atoms with Crippen LogP contribution in [0.25, 0.3) is 16.7 Å². The molecule has 1 saturated heterocycles.